The van der Waals surface area contributed by atoms with Gasteiger partial charge in [0, 0.05) is 56.8 Å². The minimum atomic E-state index is 0.304. The molecule has 3 aromatic rings. The van der Waals surface area contributed by atoms with Gasteiger partial charge in [-0.1, -0.05) is 12.1 Å². The summed E-state index contributed by atoms with van der Waals surface area (Å²) in [4.78, 5) is 13.9. The molecule has 0 amide bonds. The number of imidazole rings is 1. The first-order chi connectivity index (χ1) is 15.8. The Labute approximate surface area is 190 Å². The van der Waals surface area contributed by atoms with Gasteiger partial charge in [0.15, 0.2) is 0 Å². The topological polar surface area (TPSA) is 46.4 Å². The molecule has 0 aliphatic carbocycles. The van der Waals surface area contributed by atoms with Crippen LogP contribution in [0.3, 0.4) is 0 Å². The molecule has 2 aromatic heterocycles. The lowest BCUT2D eigenvalue weighted by molar-refractivity contribution is 0.00622. The summed E-state index contributed by atoms with van der Waals surface area (Å²) in [6.07, 6.45) is 9.70. The molecule has 0 saturated carbocycles. The minimum Gasteiger partial charge on any atom is -0.376 e. The Balaban J connectivity index is 1.23. The van der Waals surface area contributed by atoms with Crippen LogP contribution in [-0.4, -0.2) is 58.3 Å². The third-order valence-electron chi connectivity index (χ3n) is 6.72. The number of aromatic nitrogens is 3. The Kier molecular flexibility index (Phi) is 6.51. The molecule has 0 unspecified atom stereocenters. The molecule has 0 N–H and O–H groups in total. The number of benzene rings is 1. The highest BCUT2D eigenvalue weighted by atomic mass is 16.5. The second-order valence-electron chi connectivity index (χ2n) is 9.00. The molecular formula is C26H33N5O. The van der Waals surface area contributed by atoms with E-state index >= 15 is 0 Å². The summed E-state index contributed by atoms with van der Waals surface area (Å²) < 4.78 is 8.21. The summed E-state index contributed by atoms with van der Waals surface area (Å²) in [5.74, 6) is 0. The van der Waals surface area contributed by atoms with E-state index in [4.69, 9.17) is 4.74 Å². The third kappa shape index (κ3) is 4.87. The summed E-state index contributed by atoms with van der Waals surface area (Å²) >= 11 is 0. The SMILES string of the molecule is Cc1cc(N2CCN(Cc3ccccn3)CC2)ccc1-c1cncn1C[C@H]1CCCCO1. The van der Waals surface area contributed by atoms with E-state index in [2.05, 4.69) is 61.6 Å². The fourth-order valence-electron chi connectivity index (χ4n) is 4.88. The second kappa shape index (κ2) is 9.84. The monoisotopic (exact) mass is 431 g/mol. The maximum Gasteiger partial charge on any atom is 0.0951 e. The number of piperazine rings is 1. The molecule has 1 atom stereocenters. The van der Waals surface area contributed by atoms with E-state index in [1.807, 2.05) is 24.8 Å². The van der Waals surface area contributed by atoms with Gasteiger partial charge in [-0.05, 0) is 56.0 Å². The Morgan fingerprint density at radius 2 is 1.97 bits per heavy atom. The van der Waals surface area contributed by atoms with E-state index in [1.54, 1.807) is 0 Å². The molecule has 2 saturated heterocycles. The van der Waals surface area contributed by atoms with Crippen LogP contribution >= 0.6 is 0 Å². The lowest BCUT2D eigenvalue weighted by atomic mass is 10.0. The van der Waals surface area contributed by atoms with Crippen molar-refractivity contribution in [2.45, 2.75) is 45.4 Å². The largest absolute Gasteiger partial charge is 0.376 e. The predicted octanol–water partition coefficient (Wildman–Crippen LogP) is 4.14. The number of hydrogen-bond donors (Lipinski definition) is 0. The van der Waals surface area contributed by atoms with E-state index in [9.17, 15) is 0 Å². The highest BCUT2D eigenvalue weighted by molar-refractivity contribution is 5.67. The molecule has 5 rings (SSSR count). The van der Waals surface area contributed by atoms with Gasteiger partial charge in [0.2, 0.25) is 0 Å². The number of rotatable bonds is 6. The van der Waals surface area contributed by atoms with Crippen LogP contribution in [0.15, 0.2) is 55.1 Å². The number of aryl methyl sites for hydroxylation is 1. The average molecular weight is 432 g/mol. The van der Waals surface area contributed by atoms with Crippen LogP contribution in [0.1, 0.15) is 30.5 Å². The van der Waals surface area contributed by atoms with Crippen LogP contribution in [0.4, 0.5) is 5.69 Å². The molecule has 0 radical (unpaired) electrons. The van der Waals surface area contributed by atoms with Crippen molar-refractivity contribution in [3.8, 4) is 11.3 Å². The van der Waals surface area contributed by atoms with Gasteiger partial charge in [-0.25, -0.2) is 4.98 Å². The van der Waals surface area contributed by atoms with E-state index in [0.717, 1.165) is 58.0 Å². The van der Waals surface area contributed by atoms with Gasteiger partial charge < -0.3 is 14.2 Å². The van der Waals surface area contributed by atoms with E-state index in [1.165, 1.54) is 35.3 Å². The van der Waals surface area contributed by atoms with Crippen LogP contribution in [0.2, 0.25) is 0 Å². The summed E-state index contributed by atoms with van der Waals surface area (Å²) in [7, 11) is 0. The van der Waals surface area contributed by atoms with Crippen molar-refractivity contribution in [2.75, 3.05) is 37.7 Å². The molecule has 6 nitrogen and oxygen atoms in total. The van der Waals surface area contributed by atoms with Gasteiger partial charge in [0.05, 0.1) is 36.6 Å². The number of nitrogens with zero attached hydrogens (tertiary/aromatic N) is 5. The van der Waals surface area contributed by atoms with E-state index in [-0.39, 0.29) is 0 Å². The molecule has 2 aliphatic rings. The normalized spacial score (nSPS) is 19.9. The maximum atomic E-state index is 5.95. The van der Waals surface area contributed by atoms with Crippen LogP contribution in [0.25, 0.3) is 11.3 Å². The van der Waals surface area contributed by atoms with Gasteiger partial charge in [-0.2, -0.15) is 0 Å². The van der Waals surface area contributed by atoms with Crippen LogP contribution in [-0.2, 0) is 17.8 Å². The molecule has 6 heteroatoms. The average Bonchev–Trinajstić information content (AvgIpc) is 3.28. The van der Waals surface area contributed by atoms with Crippen molar-refractivity contribution in [3.05, 3.63) is 66.4 Å². The smallest absolute Gasteiger partial charge is 0.0951 e. The molecular weight excluding hydrogens is 398 g/mol. The van der Waals surface area contributed by atoms with Gasteiger partial charge in [0.1, 0.15) is 0 Å². The third-order valence-corrected chi connectivity index (χ3v) is 6.72. The van der Waals surface area contributed by atoms with Gasteiger partial charge in [-0.3, -0.25) is 9.88 Å². The molecule has 32 heavy (non-hydrogen) atoms. The Morgan fingerprint density at radius 3 is 2.72 bits per heavy atom. The van der Waals surface area contributed by atoms with Crippen molar-refractivity contribution < 1.29 is 4.74 Å². The Morgan fingerprint density at radius 1 is 1.06 bits per heavy atom. The fourth-order valence-corrected chi connectivity index (χ4v) is 4.88. The molecule has 2 fully saturated rings. The lowest BCUT2D eigenvalue weighted by Crippen LogP contribution is -2.46. The van der Waals surface area contributed by atoms with Crippen molar-refractivity contribution in [3.63, 3.8) is 0 Å². The summed E-state index contributed by atoms with van der Waals surface area (Å²) in [6.45, 7) is 9.13. The molecule has 4 heterocycles. The lowest BCUT2D eigenvalue weighted by Gasteiger charge is -2.36. The van der Waals surface area contributed by atoms with Gasteiger partial charge in [0.25, 0.3) is 0 Å². The van der Waals surface area contributed by atoms with Crippen molar-refractivity contribution >= 4 is 5.69 Å². The molecule has 168 valence electrons. The predicted molar refractivity (Wildman–Crippen MR) is 128 cm³/mol. The first-order valence-corrected chi connectivity index (χ1v) is 11.9. The molecule has 0 bridgehead atoms. The van der Waals surface area contributed by atoms with Crippen LogP contribution in [0.5, 0.6) is 0 Å². The summed E-state index contributed by atoms with van der Waals surface area (Å²) in [5.41, 5.74) is 6.20. The van der Waals surface area contributed by atoms with Gasteiger partial charge in [-0.15, -0.1) is 0 Å². The first-order valence-electron chi connectivity index (χ1n) is 11.9. The first kappa shape index (κ1) is 21.2. The second-order valence-corrected chi connectivity index (χ2v) is 9.00. The van der Waals surface area contributed by atoms with Crippen molar-refractivity contribution in [1.29, 1.82) is 0 Å². The minimum absolute atomic E-state index is 0.304. The fraction of sp³-hybridized carbons (Fsp3) is 0.462. The standard InChI is InChI=1S/C26H33N5O/c1-21-16-23(30-13-11-29(12-14-30)18-22-6-2-4-10-28-22)8-9-25(21)26-17-27-20-31(26)19-24-7-3-5-15-32-24/h2,4,6,8-10,16-17,20,24H,3,5,7,11-15,18-19H2,1H3/t24-/m1/s1. The number of ether oxygens (including phenoxy) is 1. The van der Waals surface area contributed by atoms with Gasteiger partial charge >= 0.3 is 0 Å². The van der Waals surface area contributed by atoms with Crippen LogP contribution in [0, 0.1) is 6.92 Å². The molecule has 2 aliphatic heterocycles. The highest BCUT2D eigenvalue weighted by Crippen LogP contribution is 2.29. The summed E-state index contributed by atoms with van der Waals surface area (Å²) in [5, 5.41) is 0. The zero-order valence-corrected chi connectivity index (χ0v) is 19.0. The van der Waals surface area contributed by atoms with Crippen LogP contribution < -0.4 is 4.90 Å². The van der Waals surface area contributed by atoms with E-state index in [0.29, 0.717) is 6.10 Å². The van der Waals surface area contributed by atoms with E-state index < -0.39 is 0 Å². The maximum absolute atomic E-state index is 5.95. The Hall–Kier alpha value is -2.70. The number of anilines is 1. The summed E-state index contributed by atoms with van der Waals surface area (Å²) in [6, 6.07) is 13.0. The zero-order valence-electron chi connectivity index (χ0n) is 19.0. The zero-order chi connectivity index (χ0) is 21.8. The van der Waals surface area contributed by atoms with Crippen molar-refractivity contribution in [2.24, 2.45) is 0 Å². The number of pyridine rings is 1. The number of hydrogen-bond acceptors (Lipinski definition) is 5. The Bertz CT molecular complexity index is 1000. The van der Waals surface area contributed by atoms with Crippen molar-refractivity contribution in [1.82, 2.24) is 19.4 Å². The molecule has 0 spiro atoms. The molecule has 1 aromatic carbocycles. The quantitative estimate of drug-likeness (QED) is 0.587. The highest BCUT2D eigenvalue weighted by Gasteiger charge is 2.20.